The van der Waals surface area contributed by atoms with Crippen molar-refractivity contribution in [2.24, 2.45) is 0 Å². The lowest BCUT2D eigenvalue weighted by Gasteiger charge is -2.04. The first-order valence-corrected chi connectivity index (χ1v) is 6.78. The minimum absolute atomic E-state index is 0.815. The van der Waals surface area contributed by atoms with Gasteiger partial charge in [0.25, 0.3) is 0 Å². The van der Waals surface area contributed by atoms with Gasteiger partial charge in [-0.25, -0.2) is 0 Å². The van der Waals surface area contributed by atoms with Crippen LogP contribution >= 0.6 is 11.8 Å². The van der Waals surface area contributed by atoms with Crippen molar-refractivity contribution in [1.29, 1.82) is 0 Å². The summed E-state index contributed by atoms with van der Waals surface area (Å²) in [5.74, 6) is 2.09. The van der Waals surface area contributed by atoms with Gasteiger partial charge in [-0.1, -0.05) is 0 Å². The lowest BCUT2D eigenvalue weighted by molar-refractivity contribution is 0.145. The van der Waals surface area contributed by atoms with Crippen LogP contribution in [0.5, 0.6) is 0 Å². The molecular weight excluding hydrogens is 222 g/mol. The number of aryl methyl sites for hydroxylation is 1. The highest BCUT2D eigenvalue weighted by molar-refractivity contribution is 7.99. The Morgan fingerprint density at radius 3 is 3.00 bits per heavy atom. The molecule has 1 N–H and O–H groups in total. The van der Waals surface area contributed by atoms with Crippen molar-refractivity contribution in [1.82, 2.24) is 5.32 Å². The van der Waals surface area contributed by atoms with E-state index in [1.807, 2.05) is 31.7 Å². The first-order valence-electron chi connectivity index (χ1n) is 5.80. The number of nitrogens with one attached hydrogen (secondary N) is 1. The van der Waals surface area contributed by atoms with Gasteiger partial charge in [-0.15, -0.1) is 11.8 Å². The summed E-state index contributed by atoms with van der Waals surface area (Å²) in [6, 6.07) is 2.02. The van der Waals surface area contributed by atoms with Gasteiger partial charge < -0.3 is 14.5 Å². The van der Waals surface area contributed by atoms with E-state index in [1.165, 1.54) is 4.90 Å². The van der Waals surface area contributed by atoms with Crippen LogP contribution in [0.4, 0.5) is 0 Å². The number of furan rings is 1. The standard InChI is InChI=1S/C12H21NO2S/c1-3-14-8-4-6-13-7-10-16-12-5-9-15-11(12)2/h5,9,13H,3-4,6-8,10H2,1-2H3. The average Bonchev–Trinajstić information content (AvgIpc) is 2.68. The molecule has 3 nitrogen and oxygen atoms in total. The van der Waals surface area contributed by atoms with Crippen LogP contribution in [0.15, 0.2) is 21.6 Å². The van der Waals surface area contributed by atoms with Gasteiger partial charge in [0, 0.05) is 30.4 Å². The van der Waals surface area contributed by atoms with E-state index in [0.717, 1.165) is 44.2 Å². The molecule has 16 heavy (non-hydrogen) atoms. The van der Waals surface area contributed by atoms with E-state index < -0.39 is 0 Å². The molecule has 0 aliphatic carbocycles. The predicted molar refractivity (Wildman–Crippen MR) is 68.1 cm³/mol. The Labute approximate surface area is 102 Å². The Hall–Kier alpha value is -0.450. The van der Waals surface area contributed by atoms with Crippen LogP contribution in [-0.4, -0.2) is 32.1 Å². The molecule has 0 spiro atoms. The van der Waals surface area contributed by atoms with Gasteiger partial charge >= 0.3 is 0 Å². The highest BCUT2D eigenvalue weighted by Gasteiger charge is 2.00. The monoisotopic (exact) mass is 243 g/mol. The molecule has 0 saturated heterocycles. The highest BCUT2D eigenvalue weighted by atomic mass is 32.2. The van der Waals surface area contributed by atoms with E-state index in [2.05, 4.69) is 5.32 Å². The molecule has 0 fully saturated rings. The Balaban J connectivity index is 1.91. The smallest absolute Gasteiger partial charge is 0.114 e. The predicted octanol–water partition coefficient (Wildman–Crippen LogP) is 2.70. The van der Waals surface area contributed by atoms with Crippen LogP contribution in [-0.2, 0) is 4.74 Å². The SMILES string of the molecule is CCOCCCNCCSc1ccoc1C. The van der Waals surface area contributed by atoms with Crippen molar-refractivity contribution in [3.63, 3.8) is 0 Å². The van der Waals surface area contributed by atoms with Gasteiger partial charge in [0.2, 0.25) is 0 Å². The van der Waals surface area contributed by atoms with E-state index in [0.29, 0.717) is 0 Å². The maximum absolute atomic E-state index is 5.26. The van der Waals surface area contributed by atoms with E-state index in [1.54, 1.807) is 6.26 Å². The molecule has 1 aromatic heterocycles. The molecule has 1 rings (SSSR count). The number of ether oxygens (including phenoxy) is 1. The first-order chi connectivity index (χ1) is 7.84. The van der Waals surface area contributed by atoms with E-state index in [4.69, 9.17) is 9.15 Å². The largest absolute Gasteiger partial charge is 0.468 e. The molecule has 0 amide bonds. The van der Waals surface area contributed by atoms with E-state index in [9.17, 15) is 0 Å². The van der Waals surface area contributed by atoms with Gasteiger partial charge in [-0.3, -0.25) is 0 Å². The third-order valence-corrected chi connectivity index (χ3v) is 3.34. The maximum Gasteiger partial charge on any atom is 0.114 e. The molecule has 0 aromatic carbocycles. The molecule has 0 unspecified atom stereocenters. The third-order valence-electron chi connectivity index (χ3n) is 2.19. The van der Waals surface area contributed by atoms with Gasteiger partial charge in [0.1, 0.15) is 5.76 Å². The summed E-state index contributed by atoms with van der Waals surface area (Å²) in [5.41, 5.74) is 0. The second-order valence-corrected chi connectivity index (χ2v) is 4.63. The minimum Gasteiger partial charge on any atom is -0.468 e. The van der Waals surface area contributed by atoms with Gasteiger partial charge in [-0.2, -0.15) is 0 Å². The van der Waals surface area contributed by atoms with Crippen LogP contribution < -0.4 is 5.32 Å². The molecule has 0 saturated carbocycles. The van der Waals surface area contributed by atoms with Gasteiger partial charge in [0.05, 0.1) is 6.26 Å². The normalized spacial score (nSPS) is 10.9. The highest BCUT2D eigenvalue weighted by Crippen LogP contribution is 2.22. The fourth-order valence-corrected chi connectivity index (χ4v) is 2.19. The second kappa shape index (κ2) is 8.67. The zero-order valence-electron chi connectivity index (χ0n) is 10.1. The molecular formula is C12H21NO2S. The molecule has 4 heteroatoms. The van der Waals surface area contributed by atoms with E-state index in [-0.39, 0.29) is 0 Å². The topological polar surface area (TPSA) is 34.4 Å². The quantitative estimate of drug-likeness (QED) is 0.534. The summed E-state index contributed by atoms with van der Waals surface area (Å²) in [6.45, 7) is 7.76. The summed E-state index contributed by atoms with van der Waals surface area (Å²) >= 11 is 1.83. The van der Waals surface area contributed by atoms with Gasteiger partial charge in [-0.05, 0) is 32.9 Å². The van der Waals surface area contributed by atoms with Crippen LogP contribution in [0.3, 0.4) is 0 Å². The van der Waals surface area contributed by atoms with Crippen LogP contribution in [0.1, 0.15) is 19.1 Å². The zero-order valence-corrected chi connectivity index (χ0v) is 10.9. The molecule has 92 valence electrons. The molecule has 0 aliphatic heterocycles. The average molecular weight is 243 g/mol. The van der Waals surface area contributed by atoms with Crippen molar-refractivity contribution >= 4 is 11.8 Å². The Morgan fingerprint density at radius 1 is 1.44 bits per heavy atom. The van der Waals surface area contributed by atoms with Crippen molar-refractivity contribution in [2.45, 2.75) is 25.2 Å². The molecule has 0 bridgehead atoms. The van der Waals surface area contributed by atoms with Gasteiger partial charge in [0.15, 0.2) is 0 Å². The van der Waals surface area contributed by atoms with E-state index >= 15 is 0 Å². The fraction of sp³-hybridized carbons (Fsp3) is 0.667. The number of hydrogen-bond donors (Lipinski definition) is 1. The maximum atomic E-state index is 5.26. The zero-order chi connectivity index (χ0) is 11.6. The number of thioether (sulfide) groups is 1. The lowest BCUT2D eigenvalue weighted by atomic mass is 10.4. The number of hydrogen-bond acceptors (Lipinski definition) is 4. The lowest BCUT2D eigenvalue weighted by Crippen LogP contribution is -2.19. The summed E-state index contributed by atoms with van der Waals surface area (Å²) < 4.78 is 10.5. The summed E-state index contributed by atoms with van der Waals surface area (Å²) in [4.78, 5) is 1.25. The summed E-state index contributed by atoms with van der Waals surface area (Å²) in [5, 5.41) is 3.39. The minimum atomic E-state index is 0.815. The third kappa shape index (κ3) is 5.58. The first kappa shape index (κ1) is 13.6. The summed E-state index contributed by atoms with van der Waals surface area (Å²) in [7, 11) is 0. The molecule has 0 atom stereocenters. The van der Waals surface area contributed by atoms with Crippen molar-refractivity contribution in [2.75, 3.05) is 32.1 Å². The van der Waals surface area contributed by atoms with Crippen LogP contribution in [0, 0.1) is 6.92 Å². The molecule has 1 aromatic rings. The number of rotatable bonds is 9. The molecule has 0 aliphatic rings. The van der Waals surface area contributed by atoms with Crippen LogP contribution in [0.25, 0.3) is 0 Å². The van der Waals surface area contributed by atoms with Crippen molar-refractivity contribution < 1.29 is 9.15 Å². The Morgan fingerprint density at radius 2 is 2.31 bits per heavy atom. The van der Waals surface area contributed by atoms with Crippen LogP contribution in [0.2, 0.25) is 0 Å². The molecule has 0 radical (unpaired) electrons. The Kier molecular flexibility index (Phi) is 7.38. The molecule has 1 heterocycles. The fourth-order valence-electron chi connectivity index (χ4n) is 1.32. The second-order valence-electron chi connectivity index (χ2n) is 3.49. The van der Waals surface area contributed by atoms with Crippen molar-refractivity contribution in [3.05, 3.63) is 18.1 Å². The Bertz CT molecular complexity index is 276. The summed E-state index contributed by atoms with van der Waals surface area (Å²) in [6.07, 6.45) is 2.83. The van der Waals surface area contributed by atoms with Crippen molar-refractivity contribution in [3.8, 4) is 0 Å².